The summed E-state index contributed by atoms with van der Waals surface area (Å²) in [6.45, 7) is -0.0530. The molecule has 0 saturated heterocycles. The molecule has 7 heteroatoms. The van der Waals surface area contributed by atoms with Crippen LogP contribution < -0.4 is 0 Å². The van der Waals surface area contributed by atoms with Crippen molar-refractivity contribution < 1.29 is 14.5 Å². The van der Waals surface area contributed by atoms with Crippen LogP contribution in [-0.2, 0) is 22.6 Å². The second-order valence-corrected chi connectivity index (χ2v) is 5.28. The van der Waals surface area contributed by atoms with Crippen molar-refractivity contribution in [2.24, 2.45) is 0 Å². The average molecular weight is 340 g/mol. The number of hydrogen-bond acceptors (Lipinski definition) is 4. The number of non-ortho nitro benzene ring substituents is 1. The Hall–Kier alpha value is -2.11. The third-order valence-electron chi connectivity index (χ3n) is 2.90. The fourth-order valence-electron chi connectivity index (χ4n) is 1.82. The summed E-state index contributed by atoms with van der Waals surface area (Å²) in [5, 5.41) is 11.5. The Kier molecular flexibility index (Phi) is 5.35. The third-order valence-corrected chi connectivity index (χ3v) is 3.61. The zero-order valence-corrected chi connectivity index (χ0v) is 12.8. The highest BCUT2D eigenvalue weighted by Crippen LogP contribution is 2.25. The van der Waals surface area contributed by atoms with Gasteiger partial charge in [-0.25, -0.2) is 0 Å². The summed E-state index contributed by atoms with van der Waals surface area (Å²) in [5.41, 5.74) is 0.977. The summed E-state index contributed by atoms with van der Waals surface area (Å²) in [5.74, 6) is -0.512. The summed E-state index contributed by atoms with van der Waals surface area (Å²) in [6.07, 6.45) is -0.0621. The van der Waals surface area contributed by atoms with Crippen molar-refractivity contribution in [1.29, 1.82) is 0 Å². The molecule has 2 rings (SSSR count). The molecule has 0 saturated carbocycles. The number of ether oxygens (including phenoxy) is 1. The molecule has 0 spiro atoms. The van der Waals surface area contributed by atoms with E-state index in [0.717, 1.165) is 0 Å². The van der Waals surface area contributed by atoms with E-state index in [-0.39, 0.29) is 18.7 Å². The number of nitro benzene ring substituents is 1. The number of benzene rings is 2. The van der Waals surface area contributed by atoms with E-state index in [1.54, 1.807) is 24.3 Å². The number of esters is 1. The highest BCUT2D eigenvalue weighted by molar-refractivity contribution is 6.36. The average Bonchev–Trinajstić information content (AvgIpc) is 2.49. The molecule has 0 N–H and O–H groups in total. The highest BCUT2D eigenvalue weighted by Gasteiger charge is 2.13. The number of nitro groups is 1. The molecule has 0 unspecified atom stereocenters. The van der Waals surface area contributed by atoms with Gasteiger partial charge in [-0.1, -0.05) is 41.4 Å². The van der Waals surface area contributed by atoms with Crippen molar-refractivity contribution in [3.8, 4) is 0 Å². The lowest BCUT2D eigenvalue weighted by atomic mass is 10.1. The van der Waals surface area contributed by atoms with Gasteiger partial charge in [-0.15, -0.1) is 0 Å². The molecule has 114 valence electrons. The predicted octanol–water partition coefficient (Wildman–Crippen LogP) is 4.19. The second kappa shape index (κ2) is 7.24. The molecule has 0 aliphatic rings. The van der Waals surface area contributed by atoms with Gasteiger partial charge < -0.3 is 4.74 Å². The summed E-state index contributed by atoms with van der Waals surface area (Å²) < 4.78 is 5.10. The molecule has 0 atom stereocenters. The van der Waals surface area contributed by atoms with Crippen LogP contribution in [0.5, 0.6) is 0 Å². The Bertz CT molecular complexity index is 698. The van der Waals surface area contributed by atoms with Gasteiger partial charge in [0.05, 0.1) is 11.3 Å². The van der Waals surface area contributed by atoms with Crippen LogP contribution in [-0.4, -0.2) is 10.9 Å². The summed E-state index contributed by atoms with van der Waals surface area (Å²) in [4.78, 5) is 22.0. The lowest BCUT2D eigenvalue weighted by molar-refractivity contribution is -0.384. The Morgan fingerprint density at radius 2 is 1.77 bits per heavy atom. The van der Waals surface area contributed by atoms with E-state index in [0.29, 0.717) is 21.2 Å². The predicted molar refractivity (Wildman–Crippen MR) is 83.1 cm³/mol. The lowest BCUT2D eigenvalue weighted by Crippen LogP contribution is -2.09. The molecule has 0 radical (unpaired) electrons. The number of hydrogen-bond donors (Lipinski definition) is 0. The topological polar surface area (TPSA) is 69.4 Å². The Labute approximate surface area is 136 Å². The van der Waals surface area contributed by atoms with Crippen LogP contribution in [0.1, 0.15) is 11.1 Å². The van der Waals surface area contributed by atoms with E-state index < -0.39 is 10.9 Å². The smallest absolute Gasteiger partial charge is 0.310 e. The van der Waals surface area contributed by atoms with E-state index in [1.165, 1.54) is 18.2 Å². The van der Waals surface area contributed by atoms with Crippen molar-refractivity contribution in [1.82, 2.24) is 0 Å². The van der Waals surface area contributed by atoms with Gasteiger partial charge in [-0.2, -0.15) is 0 Å². The van der Waals surface area contributed by atoms with E-state index in [4.69, 9.17) is 27.9 Å². The fraction of sp³-hybridized carbons (Fsp3) is 0.133. The monoisotopic (exact) mass is 339 g/mol. The van der Waals surface area contributed by atoms with Crippen LogP contribution in [0.2, 0.25) is 10.0 Å². The van der Waals surface area contributed by atoms with Gasteiger partial charge >= 0.3 is 5.97 Å². The second-order valence-electron chi connectivity index (χ2n) is 4.46. The summed E-state index contributed by atoms with van der Waals surface area (Å²) in [7, 11) is 0. The van der Waals surface area contributed by atoms with Crippen LogP contribution in [0.4, 0.5) is 5.69 Å². The molecule has 2 aromatic carbocycles. The molecule has 2 aromatic rings. The lowest BCUT2D eigenvalue weighted by Gasteiger charge is -2.08. The molecule has 0 aromatic heterocycles. The number of carbonyl (C=O) groups is 1. The van der Waals surface area contributed by atoms with Gasteiger partial charge in [0.15, 0.2) is 0 Å². The van der Waals surface area contributed by atoms with Crippen LogP contribution >= 0.6 is 23.2 Å². The highest BCUT2D eigenvalue weighted by atomic mass is 35.5. The standard InChI is InChI=1S/C15H11Cl2NO4/c16-13-5-2-6-14(17)12(13)8-15(19)22-9-10-3-1-4-11(7-10)18(20)21/h1-7H,8-9H2. The third kappa shape index (κ3) is 4.19. The maximum Gasteiger partial charge on any atom is 0.310 e. The molecule has 0 bridgehead atoms. The van der Waals surface area contributed by atoms with Gasteiger partial charge in [0, 0.05) is 27.7 Å². The molecule has 5 nitrogen and oxygen atoms in total. The molecule has 0 aliphatic heterocycles. The molecular weight excluding hydrogens is 329 g/mol. The normalized spacial score (nSPS) is 10.3. The minimum atomic E-state index is -0.512. The molecule has 0 amide bonds. The van der Waals surface area contributed by atoms with E-state index in [9.17, 15) is 14.9 Å². The SMILES string of the molecule is O=C(Cc1c(Cl)cccc1Cl)OCc1cccc([N+](=O)[O-])c1. The maximum absolute atomic E-state index is 11.8. The minimum absolute atomic E-state index is 0.0530. The summed E-state index contributed by atoms with van der Waals surface area (Å²) >= 11 is 12.0. The molecule has 0 fully saturated rings. The maximum atomic E-state index is 11.8. The number of carbonyl (C=O) groups excluding carboxylic acids is 1. The van der Waals surface area contributed by atoms with Crippen molar-refractivity contribution >= 4 is 34.9 Å². The van der Waals surface area contributed by atoms with Crippen LogP contribution in [0, 0.1) is 10.1 Å². The first-order valence-corrected chi connectivity index (χ1v) is 7.05. The van der Waals surface area contributed by atoms with Gasteiger partial charge in [0.2, 0.25) is 0 Å². The van der Waals surface area contributed by atoms with Crippen molar-refractivity contribution in [3.05, 3.63) is 73.8 Å². The molecular formula is C15H11Cl2NO4. The van der Waals surface area contributed by atoms with E-state index in [2.05, 4.69) is 0 Å². The molecule has 22 heavy (non-hydrogen) atoms. The minimum Gasteiger partial charge on any atom is -0.461 e. The number of halogens is 2. The quantitative estimate of drug-likeness (QED) is 0.465. The first kappa shape index (κ1) is 16.3. The largest absolute Gasteiger partial charge is 0.461 e. The Balaban J connectivity index is 1.99. The van der Waals surface area contributed by atoms with Crippen molar-refractivity contribution in [2.75, 3.05) is 0 Å². The zero-order chi connectivity index (χ0) is 16.1. The number of nitrogens with zero attached hydrogens (tertiary/aromatic N) is 1. The number of rotatable bonds is 5. The van der Waals surface area contributed by atoms with Crippen LogP contribution in [0.15, 0.2) is 42.5 Å². The Morgan fingerprint density at radius 1 is 1.14 bits per heavy atom. The van der Waals surface area contributed by atoms with Crippen molar-refractivity contribution in [2.45, 2.75) is 13.0 Å². The summed E-state index contributed by atoms with van der Waals surface area (Å²) in [6, 6.07) is 10.9. The first-order chi connectivity index (χ1) is 10.5. The van der Waals surface area contributed by atoms with Gasteiger partial charge in [-0.05, 0) is 17.7 Å². The first-order valence-electron chi connectivity index (χ1n) is 6.29. The van der Waals surface area contributed by atoms with Gasteiger partial charge in [-0.3, -0.25) is 14.9 Å². The van der Waals surface area contributed by atoms with Crippen LogP contribution in [0.3, 0.4) is 0 Å². The van der Waals surface area contributed by atoms with E-state index in [1.807, 2.05) is 0 Å². The van der Waals surface area contributed by atoms with Gasteiger partial charge in [0.1, 0.15) is 6.61 Å². The van der Waals surface area contributed by atoms with Gasteiger partial charge in [0.25, 0.3) is 5.69 Å². The van der Waals surface area contributed by atoms with E-state index >= 15 is 0 Å². The molecule has 0 heterocycles. The van der Waals surface area contributed by atoms with Crippen molar-refractivity contribution in [3.63, 3.8) is 0 Å². The molecule has 0 aliphatic carbocycles. The van der Waals surface area contributed by atoms with Crippen LogP contribution in [0.25, 0.3) is 0 Å². The zero-order valence-electron chi connectivity index (χ0n) is 11.3. The Morgan fingerprint density at radius 3 is 2.41 bits per heavy atom. The fourth-order valence-corrected chi connectivity index (χ4v) is 2.35.